The number of halogens is 2. The van der Waals surface area contributed by atoms with Crippen molar-refractivity contribution in [3.8, 4) is 0 Å². The summed E-state index contributed by atoms with van der Waals surface area (Å²) in [5.41, 5.74) is 5.18. The Kier molecular flexibility index (Phi) is 4.46. The molecule has 0 aliphatic carbocycles. The highest BCUT2D eigenvalue weighted by Gasteiger charge is 2.25. The molecule has 2 atom stereocenters. The van der Waals surface area contributed by atoms with Gasteiger partial charge in [0.05, 0.1) is 6.61 Å². The van der Waals surface area contributed by atoms with Crippen LogP contribution in [0.2, 0.25) is 0 Å². The molecule has 0 aromatic carbocycles. The largest absolute Gasteiger partial charge is 1.00 e. The van der Waals surface area contributed by atoms with Crippen molar-refractivity contribution in [1.29, 1.82) is 0 Å². The van der Waals surface area contributed by atoms with Crippen molar-refractivity contribution in [2.75, 3.05) is 25.4 Å². The first-order chi connectivity index (χ1) is 6.75. The Balaban J connectivity index is 0.00000112. The molecule has 1 aromatic rings. The summed E-state index contributed by atoms with van der Waals surface area (Å²) in [5.74, 6) is 0.867. The van der Waals surface area contributed by atoms with Crippen LogP contribution >= 0.6 is 11.6 Å². The molecule has 6 nitrogen and oxygen atoms in total. The highest BCUT2D eigenvalue weighted by molar-refractivity contribution is 6.19. The van der Waals surface area contributed by atoms with E-state index in [1.54, 1.807) is 0 Å². The molecular formula is C7H11Cl2N5O. The second-order valence-electron chi connectivity index (χ2n) is 3.01. The summed E-state index contributed by atoms with van der Waals surface area (Å²) in [7, 11) is 0. The number of nitrogens with zero attached hydrogens (tertiary/aromatic N) is 3. The van der Waals surface area contributed by atoms with Gasteiger partial charge in [0, 0.05) is 0 Å². The van der Waals surface area contributed by atoms with Gasteiger partial charge in [-0.3, -0.25) is 4.90 Å². The van der Waals surface area contributed by atoms with Gasteiger partial charge in [-0.2, -0.15) is 4.98 Å². The Morgan fingerprint density at radius 1 is 1.53 bits per heavy atom. The molecule has 0 spiro atoms. The molecule has 1 saturated heterocycles. The minimum absolute atomic E-state index is 0. The topological polar surface area (TPSA) is 78.4 Å². The van der Waals surface area contributed by atoms with E-state index in [4.69, 9.17) is 22.1 Å². The van der Waals surface area contributed by atoms with E-state index in [1.165, 1.54) is 6.33 Å². The lowest BCUT2D eigenvalue weighted by molar-refractivity contribution is -0.849. The molecule has 1 aliphatic rings. The number of nitrogens with two attached hydrogens (primary N) is 1. The fraction of sp³-hybridized carbons (Fsp3) is 0.571. The summed E-state index contributed by atoms with van der Waals surface area (Å²) >= 11 is 5.86. The monoisotopic (exact) mass is 251 g/mol. The number of hydrogen-bond donors (Lipinski definition) is 2. The van der Waals surface area contributed by atoms with E-state index >= 15 is 0 Å². The second-order valence-corrected chi connectivity index (χ2v) is 3.49. The molecule has 3 N–H and O–H groups in total. The van der Waals surface area contributed by atoms with E-state index in [2.05, 4.69) is 15.0 Å². The van der Waals surface area contributed by atoms with Crippen molar-refractivity contribution in [3.05, 3.63) is 6.33 Å². The molecule has 0 bridgehead atoms. The van der Waals surface area contributed by atoms with Gasteiger partial charge in [0.15, 0.2) is 5.56 Å². The number of rotatable bonds is 1. The van der Waals surface area contributed by atoms with E-state index in [0.717, 1.165) is 11.4 Å². The van der Waals surface area contributed by atoms with Crippen molar-refractivity contribution in [1.82, 2.24) is 15.0 Å². The summed E-state index contributed by atoms with van der Waals surface area (Å²) in [6, 6.07) is 0. The Morgan fingerprint density at radius 2 is 2.33 bits per heavy atom. The molecule has 1 aromatic heterocycles. The molecular weight excluding hydrogens is 241 g/mol. The lowest BCUT2D eigenvalue weighted by Crippen LogP contribution is -3.10. The number of ether oxygens (including phenoxy) is 1. The van der Waals surface area contributed by atoms with Gasteiger partial charge in [-0.1, -0.05) is 11.6 Å². The van der Waals surface area contributed by atoms with Crippen LogP contribution in [0.15, 0.2) is 6.33 Å². The van der Waals surface area contributed by atoms with Crippen LogP contribution in [0.4, 0.5) is 11.9 Å². The first-order valence-electron chi connectivity index (χ1n) is 4.31. The normalized spacial score (nSPS) is 25.7. The van der Waals surface area contributed by atoms with Crippen LogP contribution in [0.1, 0.15) is 0 Å². The minimum Gasteiger partial charge on any atom is -1.00 e. The average molecular weight is 252 g/mol. The zero-order chi connectivity index (χ0) is 9.97. The van der Waals surface area contributed by atoms with Crippen LogP contribution in [0.3, 0.4) is 0 Å². The van der Waals surface area contributed by atoms with E-state index in [0.29, 0.717) is 19.1 Å². The highest BCUT2D eigenvalue weighted by atomic mass is 35.5. The predicted molar refractivity (Wildman–Crippen MR) is 50.2 cm³/mol. The van der Waals surface area contributed by atoms with Crippen molar-refractivity contribution in [2.24, 2.45) is 0 Å². The van der Waals surface area contributed by atoms with Crippen LogP contribution < -0.4 is 23.0 Å². The summed E-state index contributed by atoms with van der Waals surface area (Å²) in [5, 5.41) is 0. The van der Waals surface area contributed by atoms with Crippen molar-refractivity contribution in [3.63, 3.8) is 0 Å². The van der Waals surface area contributed by atoms with Crippen LogP contribution in [0.25, 0.3) is 0 Å². The van der Waals surface area contributed by atoms with Gasteiger partial charge >= 0.3 is 5.95 Å². The standard InChI is InChI=1S/C7H10ClN5O.ClH/c8-5-3-13(1-2-14-5)7-11-4-10-6(9)12-7;/h4-5H,1-3H2,(H2,9,10,11,12);1H. The third-order valence-corrected chi connectivity index (χ3v) is 2.30. The molecule has 8 heteroatoms. The van der Waals surface area contributed by atoms with Gasteiger partial charge in [-0.25, -0.2) is 4.98 Å². The SMILES string of the molecule is Nc1ncnc([NH+]2CCOC(Cl)C2)n1.[Cl-]. The van der Waals surface area contributed by atoms with Crippen molar-refractivity contribution >= 4 is 23.5 Å². The highest BCUT2D eigenvalue weighted by Crippen LogP contribution is 2.00. The van der Waals surface area contributed by atoms with Crippen LogP contribution in [-0.4, -0.2) is 40.2 Å². The second kappa shape index (κ2) is 5.41. The van der Waals surface area contributed by atoms with Crippen LogP contribution in [0, 0.1) is 0 Å². The van der Waals surface area contributed by atoms with Crippen LogP contribution in [-0.2, 0) is 4.74 Å². The number of morpholine rings is 1. The van der Waals surface area contributed by atoms with Crippen molar-refractivity contribution < 1.29 is 22.0 Å². The number of nitrogen functional groups attached to an aromatic ring is 1. The molecule has 0 saturated carbocycles. The Labute approximate surface area is 98.2 Å². The Hall–Kier alpha value is -0.690. The predicted octanol–water partition coefficient (Wildman–Crippen LogP) is -4.43. The van der Waals surface area contributed by atoms with E-state index in [-0.39, 0.29) is 23.9 Å². The number of nitrogens with one attached hydrogen (secondary N) is 1. The third kappa shape index (κ3) is 3.13. The zero-order valence-electron chi connectivity index (χ0n) is 7.86. The lowest BCUT2D eigenvalue weighted by atomic mass is 10.4. The summed E-state index contributed by atoms with van der Waals surface area (Å²) in [6.07, 6.45) is 1.41. The maximum Gasteiger partial charge on any atom is 0.332 e. The molecule has 2 rings (SSSR count). The lowest BCUT2D eigenvalue weighted by Gasteiger charge is -2.24. The maximum atomic E-state index is 5.86. The minimum atomic E-state index is -0.281. The van der Waals surface area contributed by atoms with Gasteiger partial charge in [0.25, 0.3) is 0 Å². The molecule has 84 valence electrons. The average Bonchev–Trinajstić information content (AvgIpc) is 2.18. The fourth-order valence-corrected chi connectivity index (χ4v) is 1.62. The molecule has 0 amide bonds. The first kappa shape index (κ1) is 12.4. The van der Waals surface area contributed by atoms with Crippen LogP contribution in [0.5, 0.6) is 0 Å². The molecule has 15 heavy (non-hydrogen) atoms. The third-order valence-electron chi connectivity index (χ3n) is 2.02. The number of quaternary nitrogens is 1. The quantitative estimate of drug-likeness (QED) is 0.493. The van der Waals surface area contributed by atoms with E-state index < -0.39 is 0 Å². The molecule has 1 aliphatic heterocycles. The molecule has 0 radical (unpaired) electrons. The number of aromatic nitrogens is 3. The summed E-state index contributed by atoms with van der Waals surface area (Å²) < 4.78 is 5.20. The summed E-state index contributed by atoms with van der Waals surface area (Å²) in [6.45, 7) is 2.05. The fourth-order valence-electron chi connectivity index (χ4n) is 1.35. The van der Waals surface area contributed by atoms with E-state index in [1.807, 2.05) is 0 Å². The smallest absolute Gasteiger partial charge is 0.332 e. The van der Waals surface area contributed by atoms with E-state index in [9.17, 15) is 0 Å². The van der Waals surface area contributed by atoms with Crippen molar-refractivity contribution in [2.45, 2.75) is 5.56 Å². The van der Waals surface area contributed by atoms with Gasteiger partial charge in [0.2, 0.25) is 5.95 Å². The molecule has 1 fully saturated rings. The number of alkyl halides is 1. The molecule has 2 unspecified atom stereocenters. The maximum absolute atomic E-state index is 5.86. The first-order valence-corrected chi connectivity index (χ1v) is 4.74. The van der Waals surface area contributed by atoms with Gasteiger partial charge < -0.3 is 22.9 Å². The van der Waals surface area contributed by atoms with Gasteiger partial charge in [-0.05, 0) is 0 Å². The van der Waals surface area contributed by atoms with Gasteiger partial charge in [0.1, 0.15) is 19.4 Å². The number of hydrogen-bond acceptors (Lipinski definition) is 5. The number of anilines is 1. The summed E-state index contributed by atoms with van der Waals surface area (Å²) in [4.78, 5) is 12.9. The Bertz CT molecular complexity index is 326. The zero-order valence-corrected chi connectivity index (χ0v) is 9.37. The molecule has 2 heterocycles. The van der Waals surface area contributed by atoms with Gasteiger partial charge in [-0.15, -0.1) is 4.98 Å². The Morgan fingerprint density at radius 3 is 3.00 bits per heavy atom.